The van der Waals surface area contributed by atoms with Gasteiger partial charge in [-0.25, -0.2) is 9.13 Å². The number of phosphoric ester groups is 1. The minimum absolute atomic E-state index is 0.243. The van der Waals surface area contributed by atoms with Crippen LogP contribution in [0, 0.1) is 0 Å². The van der Waals surface area contributed by atoms with E-state index in [0.717, 1.165) is 12.0 Å². The van der Waals surface area contributed by atoms with Crippen molar-refractivity contribution in [1.29, 1.82) is 0 Å². The predicted molar refractivity (Wildman–Crippen MR) is 53.0 cm³/mol. The van der Waals surface area contributed by atoms with E-state index in [1.54, 1.807) is 6.92 Å². The smallest absolute Gasteiger partial charge is 0.302 e. The molecule has 0 aliphatic heterocycles. The van der Waals surface area contributed by atoms with Gasteiger partial charge < -0.3 is 14.7 Å². The van der Waals surface area contributed by atoms with Crippen LogP contribution in [0.1, 0.15) is 20.3 Å². The Kier molecular flexibility index (Phi) is 5.92. The second-order valence-electron chi connectivity index (χ2n) is 2.74. The van der Waals surface area contributed by atoms with Gasteiger partial charge in [-0.05, 0) is 13.3 Å². The lowest BCUT2D eigenvalue weighted by Crippen LogP contribution is -1.94. The van der Waals surface area contributed by atoms with Crippen molar-refractivity contribution in [2.45, 2.75) is 20.3 Å². The summed E-state index contributed by atoms with van der Waals surface area (Å²) in [4.78, 5) is 25.4. The van der Waals surface area contributed by atoms with Gasteiger partial charge in [-0.3, -0.25) is 4.52 Å². The minimum atomic E-state index is -5.02. The lowest BCUT2D eigenvalue weighted by Gasteiger charge is -2.11. The number of hydrogen-bond acceptors (Lipinski definition) is 4. The average Bonchev–Trinajstić information content (AvgIpc) is 1.98. The SMILES string of the molecule is CCC(C)=CCOP(=O)(O)OP(=O)(O)O. The Bertz CT molecular complexity index is 317. The van der Waals surface area contributed by atoms with Gasteiger partial charge in [0.05, 0.1) is 6.61 Å². The Morgan fingerprint density at radius 2 is 1.87 bits per heavy atom. The topological polar surface area (TPSA) is 113 Å². The second kappa shape index (κ2) is 5.92. The summed E-state index contributed by atoms with van der Waals surface area (Å²) in [6, 6.07) is 0. The Morgan fingerprint density at radius 1 is 1.33 bits per heavy atom. The van der Waals surface area contributed by atoms with E-state index in [9.17, 15) is 9.13 Å². The molecular formula is C6H14O7P2. The van der Waals surface area contributed by atoms with Crippen LogP contribution >= 0.6 is 15.6 Å². The third-order valence-electron chi connectivity index (χ3n) is 1.44. The molecule has 0 rings (SSSR count). The van der Waals surface area contributed by atoms with Gasteiger partial charge in [-0.2, -0.15) is 4.31 Å². The van der Waals surface area contributed by atoms with Gasteiger partial charge in [0.1, 0.15) is 0 Å². The van der Waals surface area contributed by atoms with Gasteiger partial charge in [0.2, 0.25) is 0 Å². The Hall–Kier alpha value is -0.0000000000000000416. The van der Waals surface area contributed by atoms with Crippen LogP contribution in [0.3, 0.4) is 0 Å². The molecule has 0 spiro atoms. The van der Waals surface area contributed by atoms with Crippen molar-refractivity contribution < 1.29 is 32.6 Å². The highest BCUT2D eigenvalue weighted by Gasteiger charge is 2.31. The lowest BCUT2D eigenvalue weighted by molar-refractivity contribution is 0.191. The van der Waals surface area contributed by atoms with Crippen LogP contribution in [0.4, 0.5) is 0 Å². The number of allylic oxidation sites excluding steroid dienone is 1. The fourth-order valence-electron chi connectivity index (χ4n) is 0.576. The van der Waals surface area contributed by atoms with Crippen LogP contribution in [0.15, 0.2) is 11.6 Å². The van der Waals surface area contributed by atoms with Crippen LogP contribution in [0.2, 0.25) is 0 Å². The summed E-state index contributed by atoms with van der Waals surface area (Å²) in [5.74, 6) is 0. The van der Waals surface area contributed by atoms with Crippen molar-refractivity contribution in [3.05, 3.63) is 11.6 Å². The van der Waals surface area contributed by atoms with E-state index in [4.69, 9.17) is 14.7 Å². The first-order valence-corrected chi connectivity index (χ1v) is 7.08. The monoisotopic (exact) mass is 260 g/mol. The molecule has 90 valence electrons. The van der Waals surface area contributed by atoms with Gasteiger partial charge in [0.15, 0.2) is 0 Å². The molecule has 0 aromatic rings. The molecule has 3 N–H and O–H groups in total. The first-order valence-electron chi connectivity index (χ1n) is 4.06. The van der Waals surface area contributed by atoms with Crippen molar-refractivity contribution in [2.75, 3.05) is 6.61 Å². The molecule has 0 fully saturated rings. The van der Waals surface area contributed by atoms with E-state index < -0.39 is 15.6 Å². The highest BCUT2D eigenvalue weighted by Crippen LogP contribution is 2.57. The van der Waals surface area contributed by atoms with E-state index in [2.05, 4.69) is 8.83 Å². The zero-order valence-electron chi connectivity index (χ0n) is 8.36. The Morgan fingerprint density at radius 3 is 2.27 bits per heavy atom. The molecule has 9 heteroatoms. The zero-order valence-corrected chi connectivity index (χ0v) is 10.1. The standard InChI is InChI=1S/C6H14O7P2/c1-3-6(2)4-5-12-15(10,11)13-14(7,8)9/h4H,3,5H2,1-2H3,(H,10,11)(H2,7,8,9). The summed E-state index contributed by atoms with van der Waals surface area (Å²) in [6.45, 7) is 3.43. The first kappa shape index (κ1) is 15.0. The number of hydrogen-bond donors (Lipinski definition) is 3. The van der Waals surface area contributed by atoms with E-state index in [-0.39, 0.29) is 6.61 Å². The van der Waals surface area contributed by atoms with Crippen LogP contribution in [0.25, 0.3) is 0 Å². The van der Waals surface area contributed by atoms with Gasteiger partial charge >= 0.3 is 15.6 Å². The van der Waals surface area contributed by atoms with Crippen molar-refractivity contribution in [2.24, 2.45) is 0 Å². The number of phosphoric acid groups is 2. The number of rotatable bonds is 6. The van der Waals surface area contributed by atoms with Crippen molar-refractivity contribution in [3.8, 4) is 0 Å². The fourth-order valence-corrected chi connectivity index (χ4v) is 2.10. The van der Waals surface area contributed by atoms with Gasteiger partial charge in [-0.1, -0.05) is 18.6 Å². The Labute approximate surface area is 87.6 Å². The first-order chi connectivity index (χ1) is 6.66. The van der Waals surface area contributed by atoms with Crippen molar-refractivity contribution in [1.82, 2.24) is 0 Å². The van der Waals surface area contributed by atoms with Crippen molar-refractivity contribution in [3.63, 3.8) is 0 Å². The molecule has 0 aromatic heterocycles. The third kappa shape index (κ3) is 8.96. The molecule has 0 aromatic carbocycles. The normalized spacial score (nSPS) is 17.5. The molecule has 15 heavy (non-hydrogen) atoms. The van der Waals surface area contributed by atoms with Gasteiger partial charge in [0, 0.05) is 0 Å². The maximum Gasteiger partial charge on any atom is 0.481 e. The largest absolute Gasteiger partial charge is 0.481 e. The summed E-state index contributed by atoms with van der Waals surface area (Å²) in [5.41, 5.74) is 0.922. The molecule has 1 atom stereocenters. The summed E-state index contributed by atoms with van der Waals surface area (Å²) >= 11 is 0. The third-order valence-corrected chi connectivity index (χ3v) is 3.59. The molecule has 7 nitrogen and oxygen atoms in total. The van der Waals surface area contributed by atoms with Gasteiger partial charge in [0.25, 0.3) is 0 Å². The fraction of sp³-hybridized carbons (Fsp3) is 0.667. The molecule has 0 bridgehead atoms. The molecular weight excluding hydrogens is 246 g/mol. The second-order valence-corrected chi connectivity index (χ2v) is 5.57. The Balaban J connectivity index is 4.18. The highest BCUT2D eigenvalue weighted by molar-refractivity contribution is 7.60. The van der Waals surface area contributed by atoms with E-state index in [1.165, 1.54) is 6.08 Å². The predicted octanol–water partition coefficient (Wildman–Crippen LogP) is 1.57. The summed E-state index contributed by atoms with van der Waals surface area (Å²) in [7, 11) is -9.71. The molecule has 1 unspecified atom stereocenters. The molecule has 0 aliphatic carbocycles. The molecule has 0 amide bonds. The minimum Gasteiger partial charge on any atom is -0.302 e. The van der Waals surface area contributed by atoms with E-state index >= 15 is 0 Å². The van der Waals surface area contributed by atoms with Crippen LogP contribution < -0.4 is 0 Å². The molecule has 0 radical (unpaired) electrons. The molecule has 0 saturated heterocycles. The molecule has 0 heterocycles. The van der Waals surface area contributed by atoms with E-state index in [1.807, 2.05) is 6.92 Å². The van der Waals surface area contributed by atoms with Gasteiger partial charge in [-0.15, -0.1) is 0 Å². The van der Waals surface area contributed by atoms with Crippen LogP contribution in [-0.2, 0) is 18.0 Å². The summed E-state index contributed by atoms with van der Waals surface area (Å²) < 4.78 is 29.0. The zero-order chi connectivity index (χ0) is 12.1. The maximum absolute atomic E-state index is 10.9. The summed E-state index contributed by atoms with van der Waals surface area (Å²) in [6.07, 6.45) is 2.27. The maximum atomic E-state index is 10.9. The summed E-state index contributed by atoms with van der Waals surface area (Å²) in [5, 5.41) is 0. The highest BCUT2D eigenvalue weighted by atomic mass is 31.3. The average molecular weight is 260 g/mol. The quantitative estimate of drug-likeness (QED) is 0.490. The van der Waals surface area contributed by atoms with Crippen molar-refractivity contribution >= 4 is 15.6 Å². The lowest BCUT2D eigenvalue weighted by atomic mass is 10.2. The van der Waals surface area contributed by atoms with E-state index in [0.29, 0.717) is 0 Å². The van der Waals surface area contributed by atoms with Crippen LogP contribution in [0.5, 0.6) is 0 Å². The molecule has 0 saturated carbocycles. The van der Waals surface area contributed by atoms with Crippen LogP contribution in [-0.4, -0.2) is 21.3 Å². The molecule has 0 aliphatic rings.